The maximum Gasteiger partial charge on any atom is 0.261 e. The Balaban J connectivity index is 1.41. The zero-order valence-corrected chi connectivity index (χ0v) is 26.0. The van der Waals surface area contributed by atoms with Crippen molar-refractivity contribution >= 4 is 66.7 Å². The van der Waals surface area contributed by atoms with E-state index in [1.54, 1.807) is 0 Å². The van der Waals surface area contributed by atoms with Gasteiger partial charge in [0, 0.05) is 45.1 Å². The summed E-state index contributed by atoms with van der Waals surface area (Å²) < 4.78 is 0. The topological polar surface area (TPSA) is 74.8 Å². The smallest absolute Gasteiger partial charge is 0.261 e. The van der Waals surface area contributed by atoms with Gasteiger partial charge in [-0.1, -0.05) is 76.6 Å². The Morgan fingerprint density at radius 2 is 0.750 bits per heavy atom. The summed E-state index contributed by atoms with van der Waals surface area (Å²) in [5.41, 5.74) is 2.20. The van der Waals surface area contributed by atoms with Crippen LogP contribution in [0.5, 0.6) is 0 Å². The molecule has 0 aliphatic carbocycles. The SMILES string of the molecule is CCCCCC(C)N1C(=O)c2ccc3c4ccc5c6c(ccc(c7ccc(c2c37)C1=O)c64)C(=O)N(C(C)CCCCC)C5=O. The molecule has 0 radical (unpaired) electrons. The van der Waals surface area contributed by atoms with Crippen molar-refractivity contribution in [3.8, 4) is 0 Å². The minimum atomic E-state index is -0.240. The fourth-order valence-electron chi connectivity index (χ4n) is 7.74. The van der Waals surface area contributed by atoms with Crippen LogP contribution in [0.2, 0.25) is 0 Å². The maximum atomic E-state index is 13.9. The molecule has 6 nitrogen and oxygen atoms in total. The van der Waals surface area contributed by atoms with Crippen molar-refractivity contribution < 1.29 is 19.2 Å². The summed E-state index contributed by atoms with van der Waals surface area (Å²) in [5, 5.41) is 6.82. The largest absolute Gasteiger partial charge is 0.272 e. The van der Waals surface area contributed by atoms with Crippen molar-refractivity contribution in [3.05, 3.63) is 70.8 Å². The molecule has 0 saturated carbocycles. The van der Waals surface area contributed by atoms with Gasteiger partial charge >= 0.3 is 0 Å². The van der Waals surface area contributed by atoms with E-state index in [4.69, 9.17) is 0 Å². The monoisotopic (exact) mass is 586 g/mol. The van der Waals surface area contributed by atoms with E-state index in [0.29, 0.717) is 33.0 Å². The zero-order valence-electron chi connectivity index (χ0n) is 26.0. The molecule has 2 heterocycles. The van der Waals surface area contributed by atoms with Gasteiger partial charge in [-0.2, -0.15) is 0 Å². The number of imide groups is 2. The number of fused-ring (bicyclic) bond motifs is 2. The number of nitrogens with zero attached hydrogens (tertiary/aromatic N) is 2. The first-order valence-corrected chi connectivity index (χ1v) is 16.3. The Labute approximate surface area is 257 Å². The lowest BCUT2D eigenvalue weighted by Crippen LogP contribution is -2.46. The van der Waals surface area contributed by atoms with E-state index in [9.17, 15) is 19.2 Å². The molecule has 0 spiro atoms. The van der Waals surface area contributed by atoms with Crippen molar-refractivity contribution in [2.75, 3.05) is 0 Å². The Morgan fingerprint density at radius 3 is 1.02 bits per heavy atom. The first-order chi connectivity index (χ1) is 21.3. The summed E-state index contributed by atoms with van der Waals surface area (Å²) in [4.78, 5) is 58.3. The number of carbonyl (C=O) groups excluding carboxylic acids is 4. The van der Waals surface area contributed by atoms with E-state index in [2.05, 4.69) is 13.8 Å². The number of unbranched alkanes of at least 4 members (excludes halogenated alkanes) is 4. The van der Waals surface area contributed by atoms with Crippen LogP contribution >= 0.6 is 0 Å². The highest BCUT2D eigenvalue weighted by atomic mass is 16.2. The molecule has 0 aromatic heterocycles. The summed E-state index contributed by atoms with van der Waals surface area (Å²) in [7, 11) is 0. The second kappa shape index (κ2) is 10.7. The van der Waals surface area contributed by atoms with Crippen LogP contribution in [0.25, 0.3) is 43.1 Å². The van der Waals surface area contributed by atoms with Crippen molar-refractivity contribution in [2.24, 2.45) is 0 Å². The van der Waals surface area contributed by atoms with Crippen LogP contribution in [0.4, 0.5) is 0 Å². The molecule has 7 rings (SSSR count). The summed E-state index contributed by atoms with van der Waals surface area (Å²) in [6, 6.07) is 14.9. The van der Waals surface area contributed by atoms with E-state index in [0.717, 1.165) is 83.7 Å². The van der Waals surface area contributed by atoms with Crippen LogP contribution in [-0.2, 0) is 0 Å². The Morgan fingerprint density at radius 1 is 0.455 bits per heavy atom. The van der Waals surface area contributed by atoms with Gasteiger partial charge in [0.2, 0.25) is 0 Å². The second-order valence-corrected chi connectivity index (χ2v) is 12.8. The van der Waals surface area contributed by atoms with Crippen LogP contribution < -0.4 is 0 Å². The highest BCUT2D eigenvalue weighted by Gasteiger charge is 2.39. The molecule has 224 valence electrons. The molecule has 44 heavy (non-hydrogen) atoms. The lowest BCUT2D eigenvalue weighted by atomic mass is 9.82. The van der Waals surface area contributed by atoms with Crippen molar-refractivity contribution in [1.82, 2.24) is 9.80 Å². The summed E-state index contributed by atoms with van der Waals surface area (Å²) in [6.07, 6.45) is 7.82. The standard InChI is InChI=1S/C38H38N2O4/c1-5-7-9-11-21(3)39-35(41)27-17-13-23-25-15-19-29-34-30(38(44)40(37(29)43)22(4)12-10-8-6-2)20-16-26(32(25)34)24-14-18-28(36(39)42)33(27)31(23)24/h13-22H,5-12H2,1-4H3. The summed E-state index contributed by atoms with van der Waals surface area (Å²) >= 11 is 0. The third-order valence-electron chi connectivity index (χ3n) is 10.0. The first-order valence-electron chi connectivity index (χ1n) is 16.3. The predicted octanol–water partition coefficient (Wildman–Crippen LogP) is 8.87. The van der Waals surface area contributed by atoms with Gasteiger partial charge in [-0.25, -0.2) is 0 Å². The molecule has 0 saturated heterocycles. The van der Waals surface area contributed by atoms with Crippen LogP contribution in [0, 0.1) is 0 Å². The van der Waals surface area contributed by atoms with Gasteiger partial charge in [0.1, 0.15) is 0 Å². The molecule has 0 bridgehead atoms. The highest BCUT2D eigenvalue weighted by molar-refractivity contribution is 6.41. The van der Waals surface area contributed by atoms with E-state index >= 15 is 0 Å². The Hall–Kier alpha value is -4.32. The van der Waals surface area contributed by atoms with E-state index in [-0.39, 0.29) is 35.7 Å². The number of carbonyl (C=O) groups is 4. The van der Waals surface area contributed by atoms with E-state index in [1.165, 1.54) is 9.80 Å². The minimum Gasteiger partial charge on any atom is -0.272 e. The van der Waals surface area contributed by atoms with Gasteiger partial charge < -0.3 is 0 Å². The van der Waals surface area contributed by atoms with Gasteiger partial charge in [-0.3, -0.25) is 29.0 Å². The zero-order chi connectivity index (χ0) is 30.9. The lowest BCUT2D eigenvalue weighted by Gasteiger charge is -2.34. The number of benzene rings is 5. The van der Waals surface area contributed by atoms with Gasteiger partial charge in [0.25, 0.3) is 23.6 Å². The van der Waals surface area contributed by atoms with Crippen LogP contribution in [0.15, 0.2) is 48.5 Å². The molecule has 6 heteroatoms. The average Bonchev–Trinajstić information content (AvgIpc) is 3.02. The third kappa shape index (κ3) is 3.92. The fraction of sp³-hybridized carbons (Fsp3) is 0.368. The minimum absolute atomic E-state index is 0.183. The van der Waals surface area contributed by atoms with Crippen molar-refractivity contribution in [1.29, 1.82) is 0 Å². The molecule has 0 N–H and O–H groups in total. The van der Waals surface area contributed by atoms with Crippen LogP contribution in [0.1, 0.15) is 120 Å². The van der Waals surface area contributed by atoms with Gasteiger partial charge in [-0.05, 0) is 83.3 Å². The summed E-state index contributed by atoms with van der Waals surface area (Å²) in [5.74, 6) is -0.961. The van der Waals surface area contributed by atoms with Crippen molar-refractivity contribution in [3.63, 3.8) is 0 Å². The van der Waals surface area contributed by atoms with Crippen LogP contribution in [-0.4, -0.2) is 45.5 Å². The van der Waals surface area contributed by atoms with Crippen molar-refractivity contribution in [2.45, 2.75) is 91.1 Å². The quantitative estimate of drug-likeness (QED) is 0.0709. The molecule has 2 unspecified atom stereocenters. The molecule has 2 aliphatic rings. The Kier molecular flexibility index (Phi) is 6.91. The molecule has 5 aromatic carbocycles. The van der Waals surface area contributed by atoms with E-state index < -0.39 is 0 Å². The maximum absolute atomic E-state index is 13.9. The fourth-order valence-corrected chi connectivity index (χ4v) is 7.74. The molecular formula is C38H38N2O4. The number of rotatable bonds is 10. The van der Waals surface area contributed by atoms with Gasteiger partial charge in [0.05, 0.1) is 0 Å². The number of amides is 4. The lowest BCUT2D eigenvalue weighted by molar-refractivity contribution is 0.0526. The average molecular weight is 587 g/mol. The number of hydrogen-bond donors (Lipinski definition) is 0. The highest BCUT2D eigenvalue weighted by Crippen LogP contribution is 2.46. The second-order valence-electron chi connectivity index (χ2n) is 12.8. The summed E-state index contributed by atoms with van der Waals surface area (Å²) in [6.45, 7) is 8.21. The van der Waals surface area contributed by atoms with E-state index in [1.807, 2.05) is 62.4 Å². The third-order valence-corrected chi connectivity index (χ3v) is 10.0. The molecule has 2 atom stereocenters. The molecule has 2 aliphatic heterocycles. The molecule has 4 amide bonds. The van der Waals surface area contributed by atoms with Gasteiger partial charge in [-0.15, -0.1) is 0 Å². The molecule has 5 aromatic rings. The number of hydrogen-bond acceptors (Lipinski definition) is 4. The molecule has 0 fully saturated rings. The predicted molar refractivity (Wildman–Crippen MR) is 176 cm³/mol. The van der Waals surface area contributed by atoms with Gasteiger partial charge in [0.15, 0.2) is 0 Å². The Bertz CT molecular complexity index is 1760. The first kappa shape index (κ1) is 28.5. The van der Waals surface area contributed by atoms with Crippen LogP contribution in [0.3, 0.4) is 0 Å². The normalized spacial score (nSPS) is 16.4. The molecular weight excluding hydrogens is 548 g/mol.